The number of aryl methyl sites for hydroxylation is 1. The normalized spacial score (nSPS) is 16.7. The van der Waals surface area contributed by atoms with Crippen molar-refractivity contribution in [3.05, 3.63) is 81.4 Å². The quantitative estimate of drug-likeness (QED) is 0.0990. The Morgan fingerprint density at radius 3 is 2.29 bits per heavy atom. The summed E-state index contributed by atoms with van der Waals surface area (Å²) in [7, 11) is 0. The molecule has 1 aliphatic rings. The largest absolute Gasteiger partial charge is 0.507 e. The minimum Gasteiger partial charge on any atom is -0.507 e. The maximum absolute atomic E-state index is 13.5. The summed E-state index contributed by atoms with van der Waals surface area (Å²) in [5.74, 6) is -1.86. The Balaban J connectivity index is 1.83. The van der Waals surface area contributed by atoms with Crippen molar-refractivity contribution in [2.75, 3.05) is 18.1 Å². The first kappa shape index (κ1) is 30.0. The first-order valence-electron chi connectivity index (χ1n) is 13.8. The molecule has 2 heterocycles. The van der Waals surface area contributed by atoms with Crippen molar-refractivity contribution in [3.63, 3.8) is 0 Å². The smallest absolute Gasteiger partial charge is 0.350 e. The number of aliphatic hydroxyl groups is 1. The van der Waals surface area contributed by atoms with Crippen molar-refractivity contribution in [1.82, 2.24) is 4.98 Å². The fourth-order valence-electron chi connectivity index (χ4n) is 4.58. The van der Waals surface area contributed by atoms with E-state index in [-0.39, 0.29) is 33.4 Å². The molecule has 0 radical (unpaired) electrons. The minimum atomic E-state index is -0.954. The molecule has 0 bridgehead atoms. The van der Waals surface area contributed by atoms with Crippen molar-refractivity contribution in [3.8, 4) is 5.75 Å². The van der Waals surface area contributed by atoms with Gasteiger partial charge in [-0.05, 0) is 61.1 Å². The number of nitrogens with zero attached hydrogens (tertiary/aromatic N) is 2. The predicted octanol–water partition coefficient (Wildman–Crippen LogP) is 6.73. The summed E-state index contributed by atoms with van der Waals surface area (Å²) in [4.78, 5) is 45.6. The summed E-state index contributed by atoms with van der Waals surface area (Å²) in [6.45, 7) is 12.5. The van der Waals surface area contributed by atoms with E-state index in [9.17, 15) is 19.5 Å². The van der Waals surface area contributed by atoms with Crippen LogP contribution in [0.5, 0.6) is 5.75 Å². The summed E-state index contributed by atoms with van der Waals surface area (Å²) in [5.41, 5.74) is 2.32. The topological polar surface area (TPSA) is 106 Å². The number of ketones is 1. The second-order valence-electron chi connectivity index (χ2n) is 10.9. The van der Waals surface area contributed by atoms with E-state index in [4.69, 9.17) is 9.47 Å². The van der Waals surface area contributed by atoms with Crippen LogP contribution in [0.4, 0.5) is 5.13 Å². The number of amides is 1. The Morgan fingerprint density at radius 2 is 1.71 bits per heavy atom. The molecule has 4 rings (SSSR count). The number of ether oxygens (including phenoxy) is 2. The number of thiazole rings is 1. The lowest BCUT2D eigenvalue weighted by Crippen LogP contribution is -2.29. The fourth-order valence-corrected chi connectivity index (χ4v) is 5.57. The van der Waals surface area contributed by atoms with E-state index in [1.165, 1.54) is 4.90 Å². The Morgan fingerprint density at radius 1 is 1.05 bits per heavy atom. The molecule has 216 valence electrons. The van der Waals surface area contributed by atoms with Gasteiger partial charge in [-0.25, -0.2) is 9.78 Å². The predicted molar refractivity (Wildman–Crippen MR) is 160 cm³/mol. The number of aromatic nitrogens is 1. The third kappa shape index (κ3) is 6.20. The average molecular weight is 577 g/mol. The summed E-state index contributed by atoms with van der Waals surface area (Å²) >= 11 is 0.984. The minimum absolute atomic E-state index is 0.0521. The summed E-state index contributed by atoms with van der Waals surface area (Å²) in [6, 6.07) is 13.4. The summed E-state index contributed by atoms with van der Waals surface area (Å²) in [5, 5.41) is 11.6. The van der Waals surface area contributed by atoms with Crippen LogP contribution in [-0.2, 0) is 19.7 Å². The number of carbonyl (C=O) groups is 3. The number of rotatable bonds is 9. The molecule has 9 heteroatoms. The second-order valence-corrected chi connectivity index (χ2v) is 11.9. The molecule has 1 aliphatic heterocycles. The van der Waals surface area contributed by atoms with E-state index in [2.05, 4.69) is 32.7 Å². The lowest BCUT2D eigenvalue weighted by Gasteiger charge is -2.24. The molecule has 1 aromatic heterocycles. The van der Waals surface area contributed by atoms with Gasteiger partial charge in [0.05, 0.1) is 30.5 Å². The van der Waals surface area contributed by atoms with Crippen LogP contribution in [0, 0.1) is 6.92 Å². The summed E-state index contributed by atoms with van der Waals surface area (Å²) < 4.78 is 10.9. The Bertz CT molecular complexity index is 1470. The standard InChI is InChI=1S/C32H36N2O6S/c1-7-9-18-40-23-16-12-21(13-17-23)26(35)24-25(20-10-14-22(15-11-20)32(4,5)6)34(29(37)27(24)36)31-33-19(3)28(41-31)30(38)39-8-2/h10-17,25,35H,7-9,18H2,1-6H3/t25-/m0/s1. The summed E-state index contributed by atoms with van der Waals surface area (Å²) in [6.07, 6.45) is 1.93. The Hall–Kier alpha value is -3.98. The molecular formula is C32H36N2O6S. The molecule has 8 nitrogen and oxygen atoms in total. The fraction of sp³-hybridized carbons (Fsp3) is 0.375. The first-order chi connectivity index (χ1) is 19.5. The molecule has 41 heavy (non-hydrogen) atoms. The van der Waals surface area contributed by atoms with Crippen LogP contribution >= 0.6 is 11.3 Å². The van der Waals surface area contributed by atoms with Crippen molar-refractivity contribution < 1.29 is 29.0 Å². The van der Waals surface area contributed by atoms with Crippen LogP contribution in [0.3, 0.4) is 0 Å². The van der Waals surface area contributed by atoms with Crippen LogP contribution in [0.1, 0.15) is 85.6 Å². The molecule has 1 amide bonds. The Kier molecular flexibility index (Phi) is 8.97. The lowest BCUT2D eigenvalue weighted by atomic mass is 9.85. The van der Waals surface area contributed by atoms with E-state index in [1.54, 1.807) is 38.1 Å². The zero-order valence-corrected chi connectivity index (χ0v) is 25.1. The number of unbranched alkanes of at least 4 members (excludes halogenated alkanes) is 1. The highest BCUT2D eigenvalue weighted by Gasteiger charge is 2.48. The van der Waals surface area contributed by atoms with Gasteiger partial charge >= 0.3 is 11.9 Å². The van der Waals surface area contributed by atoms with Crippen LogP contribution in [0.2, 0.25) is 0 Å². The Labute approximate surface area is 244 Å². The van der Waals surface area contributed by atoms with Gasteiger partial charge in [0.15, 0.2) is 5.13 Å². The molecule has 1 atom stereocenters. The van der Waals surface area contributed by atoms with Gasteiger partial charge in [0.25, 0.3) is 5.78 Å². The van der Waals surface area contributed by atoms with Crippen molar-refractivity contribution in [2.45, 2.75) is 65.8 Å². The van der Waals surface area contributed by atoms with Crippen LogP contribution in [0.15, 0.2) is 54.1 Å². The number of esters is 1. The molecule has 1 N–H and O–H groups in total. The highest BCUT2D eigenvalue weighted by molar-refractivity contribution is 7.17. The zero-order valence-electron chi connectivity index (χ0n) is 24.3. The molecule has 0 spiro atoms. The van der Waals surface area contributed by atoms with Gasteiger partial charge in [0, 0.05) is 5.56 Å². The maximum atomic E-state index is 13.5. The number of carbonyl (C=O) groups excluding carboxylic acids is 3. The zero-order chi connectivity index (χ0) is 29.9. The molecular weight excluding hydrogens is 540 g/mol. The molecule has 1 fully saturated rings. The third-order valence-corrected chi connectivity index (χ3v) is 8.02. The third-order valence-electron chi connectivity index (χ3n) is 6.88. The molecule has 3 aromatic rings. The van der Waals surface area contributed by atoms with E-state index < -0.39 is 23.7 Å². The van der Waals surface area contributed by atoms with Gasteiger partial charge in [0.1, 0.15) is 16.4 Å². The van der Waals surface area contributed by atoms with Gasteiger partial charge in [-0.15, -0.1) is 0 Å². The number of anilines is 1. The molecule has 0 unspecified atom stereocenters. The molecule has 0 saturated carbocycles. The van der Waals surface area contributed by atoms with E-state index >= 15 is 0 Å². The van der Waals surface area contributed by atoms with Crippen LogP contribution in [-0.4, -0.2) is 41.0 Å². The van der Waals surface area contributed by atoms with Gasteiger partial charge in [-0.2, -0.15) is 0 Å². The van der Waals surface area contributed by atoms with Gasteiger partial charge in [-0.1, -0.05) is 69.7 Å². The number of hydrogen-bond acceptors (Lipinski definition) is 8. The first-order valence-corrected chi connectivity index (χ1v) is 14.6. The van der Waals surface area contributed by atoms with Crippen molar-refractivity contribution in [2.24, 2.45) is 0 Å². The SMILES string of the molecule is CCCCOc1ccc(C(O)=C2C(=O)C(=O)N(c3nc(C)c(C(=O)OCC)s3)[C@H]2c2ccc(C(C)(C)C)cc2)cc1. The monoisotopic (exact) mass is 576 g/mol. The highest BCUT2D eigenvalue weighted by atomic mass is 32.1. The van der Waals surface area contributed by atoms with E-state index in [1.807, 2.05) is 24.3 Å². The molecule has 2 aromatic carbocycles. The van der Waals surface area contributed by atoms with E-state index in [0.717, 1.165) is 29.7 Å². The molecule has 1 saturated heterocycles. The average Bonchev–Trinajstić information content (AvgIpc) is 3.45. The molecule has 0 aliphatic carbocycles. The van der Waals surface area contributed by atoms with Crippen LogP contribution < -0.4 is 9.64 Å². The van der Waals surface area contributed by atoms with Crippen molar-refractivity contribution >= 4 is 39.9 Å². The van der Waals surface area contributed by atoms with Crippen molar-refractivity contribution in [1.29, 1.82) is 0 Å². The number of Topliss-reactive ketones (excluding diaryl/α,β-unsaturated/α-hetero) is 1. The second kappa shape index (κ2) is 12.3. The number of benzene rings is 2. The lowest BCUT2D eigenvalue weighted by molar-refractivity contribution is -0.132. The van der Waals surface area contributed by atoms with Gasteiger partial charge < -0.3 is 14.6 Å². The van der Waals surface area contributed by atoms with Gasteiger partial charge in [0.2, 0.25) is 0 Å². The number of aliphatic hydroxyl groups excluding tert-OH is 1. The van der Waals surface area contributed by atoms with Gasteiger partial charge in [-0.3, -0.25) is 14.5 Å². The van der Waals surface area contributed by atoms with Crippen LogP contribution in [0.25, 0.3) is 5.76 Å². The number of hydrogen-bond donors (Lipinski definition) is 1. The van der Waals surface area contributed by atoms with E-state index in [0.29, 0.717) is 29.2 Å². The highest BCUT2D eigenvalue weighted by Crippen LogP contribution is 2.44. The maximum Gasteiger partial charge on any atom is 0.350 e.